The molecule has 3 aromatic carbocycles. The van der Waals surface area contributed by atoms with Crippen LogP contribution in [0, 0.1) is 11.3 Å². The lowest BCUT2D eigenvalue weighted by Gasteiger charge is -2.13. The summed E-state index contributed by atoms with van der Waals surface area (Å²) in [6.07, 6.45) is 1.52. The highest BCUT2D eigenvalue weighted by atomic mass is 16.5. The van der Waals surface area contributed by atoms with Gasteiger partial charge in [0.2, 0.25) is 0 Å². The maximum absolute atomic E-state index is 12.6. The molecule has 6 nitrogen and oxygen atoms in total. The van der Waals surface area contributed by atoms with Gasteiger partial charge in [-0.1, -0.05) is 36.4 Å². The first kappa shape index (κ1) is 22.4. The van der Waals surface area contributed by atoms with Crippen molar-refractivity contribution < 1.29 is 19.0 Å². The Morgan fingerprint density at radius 3 is 2.41 bits per heavy atom. The van der Waals surface area contributed by atoms with E-state index in [0.29, 0.717) is 41.7 Å². The summed E-state index contributed by atoms with van der Waals surface area (Å²) in [5, 5.41) is 12.2. The van der Waals surface area contributed by atoms with Gasteiger partial charge in [0, 0.05) is 5.69 Å². The smallest absolute Gasteiger partial charge is 0.266 e. The first-order valence-electron chi connectivity index (χ1n) is 10.1. The number of benzene rings is 3. The Kier molecular flexibility index (Phi) is 7.88. The van der Waals surface area contributed by atoms with Crippen molar-refractivity contribution in [2.24, 2.45) is 0 Å². The van der Waals surface area contributed by atoms with E-state index in [1.807, 2.05) is 43.3 Å². The normalized spacial score (nSPS) is 10.7. The lowest BCUT2D eigenvalue weighted by Crippen LogP contribution is -2.13. The molecular weight excluding hydrogens is 404 g/mol. The van der Waals surface area contributed by atoms with Crippen LogP contribution >= 0.6 is 0 Å². The third-order valence-electron chi connectivity index (χ3n) is 4.53. The molecule has 1 amide bonds. The Labute approximate surface area is 187 Å². The van der Waals surface area contributed by atoms with Crippen molar-refractivity contribution >= 4 is 17.7 Å². The summed E-state index contributed by atoms with van der Waals surface area (Å²) in [6, 6.07) is 24.0. The van der Waals surface area contributed by atoms with Crippen LogP contribution in [0.5, 0.6) is 17.2 Å². The summed E-state index contributed by atoms with van der Waals surface area (Å²) in [5.74, 6) is 1.32. The Morgan fingerprint density at radius 1 is 1.00 bits per heavy atom. The quantitative estimate of drug-likeness (QED) is 0.373. The van der Waals surface area contributed by atoms with Crippen LogP contribution in [0.15, 0.2) is 78.4 Å². The molecule has 0 atom stereocenters. The summed E-state index contributed by atoms with van der Waals surface area (Å²) < 4.78 is 16.7. The fourth-order valence-corrected chi connectivity index (χ4v) is 2.93. The van der Waals surface area contributed by atoms with E-state index in [-0.39, 0.29) is 5.57 Å². The van der Waals surface area contributed by atoms with Gasteiger partial charge in [0.1, 0.15) is 24.0 Å². The lowest BCUT2D eigenvalue weighted by molar-refractivity contribution is -0.112. The van der Waals surface area contributed by atoms with E-state index < -0.39 is 5.91 Å². The molecule has 162 valence electrons. The van der Waals surface area contributed by atoms with Gasteiger partial charge >= 0.3 is 0 Å². The van der Waals surface area contributed by atoms with Crippen molar-refractivity contribution in [2.45, 2.75) is 13.5 Å². The summed E-state index contributed by atoms with van der Waals surface area (Å²) in [4.78, 5) is 12.6. The van der Waals surface area contributed by atoms with Crippen LogP contribution in [0.4, 0.5) is 5.69 Å². The summed E-state index contributed by atoms with van der Waals surface area (Å²) in [7, 11) is 1.57. The first-order valence-corrected chi connectivity index (χ1v) is 10.1. The Hall–Kier alpha value is -4.24. The second-order valence-electron chi connectivity index (χ2n) is 6.77. The molecule has 3 rings (SSSR count). The van der Waals surface area contributed by atoms with Crippen LogP contribution in [0.3, 0.4) is 0 Å². The zero-order valence-electron chi connectivity index (χ0n) is 18.0. The van der Waals surface area contributed by atoms with Crippen LogP contribution in [0.25, 0.3) is 6.08 Å². The zero-order valence-corrected chi connectivity index (χ0v) is 18.0. The molecule has 0 aromatic heterocycles. The maximum Gasteiger partial charge on any atom is 0.266 e. The van der Waals surface area contributed by atoms with Crippen molar-refractivity contribution in [3.8, 4) is 23.3 Å². The van der Waals surface area contributed by atoms with E-state index in [4.69, 9.17) is 14.2 Å². The van der Waals surface area contributed by atoms with Gasteiger partial charge in [0.25, 0.3) is 5.91 Å². The monoisotopic (exact) mass is 428 g/mol. The van der Waals surface area contributed by atoms with Gasteiger partial charge in [-0.15, -0.1) is 0 Å². The van der Waals surface area contributed by atoms with Crippen molar-refractivity contribution in [3.05, 3.63) is 89.5 Å². The number of nitriles is 1. The molecule has 0 saturated carbocycles. The SMILES string of the molecule is CCOc1cc(/C=C(/C#N)C(=O)Nc2ccc(OC)cc2)ccc1OCc1ccccc1. The largest absolute Gasteiger partial charge is 0.497 e. The molecule has 0 fully saturated rings. The second-order valence-corrected chi connectivity index (χ2v) is 6.77. The average molecular weight is 428 g/mol. The third-order valence-corrected chi connectivity index (χ3v) is 4.53. The van der Waals surface area contributed by atoms with E-state index >= 15 is 0 Å². The Morgan fingerprint density at radius 2 is 1.75 bits per heavy atom. The molecule has 6 heteroatoms. The van der Waals surface area contributed by atoms with Crippen molar-refractivity contribution in [1.29, 1.82) is 5.26 Å². The number of carbonyl (C=O) groups excluding carboxylic acids is 1. The number of hydrogen-bond acceptors (Lipinski definition) is 5. The molecule has 0 radical (unpaired) electrons. The van der Waals surface area contributed by atoms with Crippen molar-refractivity contribution in [2.75, 3.05) is 19.0 Å². The number of ether oxygens (including phenoxy) is 3. The Balaban J connectivity index is 1.76. The topological polar surface area (TPSA) is 80.6 Å². The summed E-state index contributed by atoms with van der Waals surface area (Å²) in [5.41, 5.74) is 2.24. The molecular formula is C26H24N2O4. The predicted molar refractivity (Wildman–Crippen MR) is 124 cm³/mol. The fourth-order valence-electron chi connectivity index (χ4n) is 2.93. The average Bonchev–Trinajstić information content (AvgIpc) is 2.83. The number of anilines is 1. The highest BCUT2D eigenvalue weighted by Gasteiger charge is 2.12. The number of nitrogens with zero attached hydrogens (tertiary/aromatic N) is 1. The highest BCUT2D eigenvalue weighted by Crippen LogP contribution is 2.30. The van der Waals surface area contributed by atoms with Gasteiger partial charge < -0.3 is 19.5 Å². The Bertz CT molecular complexity index is 1120. The van der Waals surface area contributed by atoms with E-state index in [2.05, 4.69) is 5.32 Å². The molecule has 0 aliphatic carbocycles. The summed E-state index contributed by atoms with van der Waals surface area (Å²) in [6.45, 7) is 2.74. The van der Waals surface area contributed by atoms with Crippen LogP contribution in [0.2, 0.25) is 0 Å². The molecule has 0 saturated heterocycles. The van der Waals surface area contributed by atoms with Crippen LogP contribution in [-0.4, -0.2) is 19.6 Å². The summed E-state index contributed by atoms with van der Waals surface area (Å²) >= 11 is 0. The molecule has 0 heterocycles. The van der Waals surface area contributed by atoms with Crippen LogP contribution < -0.4 is 19.5 Å². The molecule has 32 heavy (non-hydrogen) atoms. The number of carbonyl (C=O) groups is 1. The molecule has 0 bridgehead atoms. The van der Waals surface area contributed by atoms with Crippen LogP contribution in [-0.2, 0) is 11.4 Å². The predicted octanol–water partition coefficient (Wildman–Crippen LogP) is 5.22. The standard InChI is InChI=1S/C26H24N2O4/c1-3-31-25-16-20(9-14-24(25)32-18-19-7-5-4-6-8-19)15-21(17-27)26(29)28-22-10-12-23(30-2)13-11-22/h4-16H,3,18H2,1-2H3,(H,28,29)/b21-15-. The lowest BCUT2D eigenvalue weighted by atomic mass is 10.1. The second kappa shape index (κ2) is 11.2. The van der Waals surface area contributed by atoms with Gasteiger partial charge in [-0.3, -0.25) is 4.79 Å². The van der Waals surface area contributed by atoms with Gasteiger partial charge in [0.15, 0.2) is 11.5 Å². The number of methoxy groups -OCH3 is 1. The molecule has 0 aliphatic heterocycles. The molecule has 3 aromatic rings. The maximum atomic E-state index is 12.6. The minimum Gasteiger partial charge on any atom is -0.497 e. The fraction of sp³-hybridized carbons (Fsp3) is 0.154. The molecule has 1 N–H and O–H groups in total. The number of nitrogens with one attached hydrogen (secondary N) is 1. The number of hydrogen-bond donors (Lipinski definition) is 1. The van der Waals surface area contributed by atoms with E-state index in [1.54, 1.807) is 49.6 Å². The van der Waals surface area contributed by atoms with Crippen LogP contribution in [0.1, 0.15) is 18.1 Å². The van der Waals surface area contributed by atoms with E-state index in [0.717, 1.165) is 5.56 Å². The number of amides is 1. The molecule has 0 spiro atoms. The third kappa shape index (κ3) is 6.13. The molecule has 0 unspecified atom stereocenters. The highest BCUT2D eigenvalue weighted by molar-refractivity contribution is 6.09. The molecule has 0 aliphatic rings. The minimum atomic E-state index is -0.500. The van der Waals surface area contributed by atoms with E-state index in [1.165, 1.54) is 6.08 Å². The van der Waals surface area contributed by atoms with Gasteiger partial charge in [0.05, 0.1) is 13.7 Å². The van der Waals surface area contributed by atoms with E-state index in [9.17, 15) is 10.1 Å². The van der Waals surface area contributed by atoms with Gasteiger partial charge in [-0.2, -0.15) is 5.26 Å². The van der Waals surface area contributed by atoms with Crippen molar-refractivity contribution in [3.63, 3.8) is 0 Å². The van der Waals surface area contributed by atoms with Gasteiger partial charge in [-0.05, 0) is 60.5 Å². The number of rotatable bonds is 9. The first-order chi connectivity index (χ1) is 15.6. The van der Waals surface area contributed by atoms with Gasteiger partial charge in [-0.25, -0.2) is 0 Å². The minimum absolute atomic E-state index is 0.0266. The zero-order chi connectivity index (χ0) is 22.8. The van der Waals surface area contributed by atoms with Crippen molar-refractivity contribution in [1.82, 2.24) is 0 Å².